The van der Waals surface area contributed by atoms with Crippen molar-refractivity contribution in [2.75, 3.05) is 19.4 Å². The van der Waals surface area contributed by atoms with Crippen LogP contribution in [0.4, 0.5) is 24.8 Å². The number of ether oxygens (including phenoxy) is 1. The van der Waals surface area contributed by atoms with E-state index in [1.807, 2.05) is 12.1 Å². The predicted molar refractivity (Wildman–Crippen MR) is 139 cm³/mol. The second kappa shape index (κ2) is 10.3. The van der Waals surface area contributed by atoms with Crippen molar-refractivity contribution in [3.05, 3.63) is 48.0 Å². The Morgan fingerprint density at radius 1 is 1.16 bits per heavy atom. The summed E-state index contributed by atoms with van der Waals surface area (Å²) < 4.78 is 43.9. The van der Waals surface area contributed by atoms with Crippen LogP contribution in [0.5, 0.6) is 5.75 Å². The third-order valence-corrected chi connectivity index (χ3v) is 6.95. The number of nitrogens with one attached hydrogen (secondary N) is 1. The number of fused-ring (bicyclic) bond motifs is 1. The topological polar surface area (TPSA) is 59.4 Å². The number of halogens is 3. The molecule has 1 heterocycles. The number of aryl methyl sites for hydroxylation is 1. The van der Waals surface area contributed by atoms with E-state index in [1.54, 1.807) is 31.1 Å². The molecule has 4 rings (SSSR count). The Morgan fingerprint density at radius 3 is 2.49 bits per heavy atom. The van der Waals surface area contributed by atoms with E-state index in [0.29, 0.717) is 30.4 Å². The minimum atomic E-state index is -4.73. The van der Waals surface area contributed by atoms with Crippen molar-refractivity contribution in [3.8, 4) is 5.75 Å². The number of aromatic nitrogens is 2. The van der Waals surface area contributed by atoms with E-state index in [4.69, 9.17) is 4.98 Å². The second-order valence-electron chi connectivity index (χ2n) is 11.2. The molecule has 200 valence electrons. The van der Waals surface area contributed by atoms with Gasteiger partial charge in [0.25, 0.3) is 0 Å². The summed E-state index contributed by atoms with van der Waals surface area (Å²) in [6.07, 6.45) is -0.524. The van der Waals surface area contributed by atoms with Crippen molar-refractivity contribution in [1.29, 1.82) is 0 Å². The Bertz CT molecular complexity index is 1250. The van der Waals surface area contributed by atoms with Crippen LogP contribution >= 0.6 is 0 Å². The molecule has 1 N–H and O–H groups in total. The van der Waals surface area contributed by atoms with E-state index in [9.17, 15) is 18.0 Å². The summed E-state index contributed by atoms with van der Waals surface area (Å²) in [6, 6.07) is 12.0. The molecule has 0 radical (unpaired) electrons. The minimum absolute atomic E-state index is 0.0735. The number of amides is 1. The first-order chi connectivity index (χ1) is 17.3. The van der Waals surface area contributed by atoms with Gasteiger partial charge in [0.05, 0.1) is 11.0 Å². The summed E-state index contributed by atoms with van der Waals surface area (Å²) in [5.74, 6) is 1.00. The standard InChI is InChI=1S/C28H35F3N4O2/c1-18-14-21(17-27(2,3)16-18)35-24-12-6-19(7-13-25(36)34(4)5)15-23(24)33-26(35)32-20-8-10-22(11-9-20)37-28(29,30)31/h6,8-12,15,18,21H,7,13-14,16-17H2,1-5H3,(H,32,33)/t18-,21?/m0/s1. The number of nitrogens with zero attached hydrogens (tertiary/aromatic N) is 3. The minimum Gasteiger partial charge on any atom is -0.406 e. The fraction of sp³-hybridized carbons (Fsp3) is 0.500. The Kier molecular flexibility index (Phi) is 7.44. The lowest BCUT2D eigenvalue weighted by Crippen LogP contribution is -2.29. The Labute approximate surface area is 215 Å². The van der Waals surface area contributed by atoms with Crippen LogP contribution in [0.25, 0.3) is 11.0 Å². The molecule has 1 fully saturated rings. The normalized spacial score (nSPS) is 19.6. The quantitative estimate of drug-likeness (QED) is 0.364. The van der Waals surface area contributed by atoms with Crippen LogP contribution in [-0.2, 0) is 11.2 Å². The molecular weight excluding hydrogens is 481 g/mol. The van der Waals surface area contributed by atoms with Crippen LogP contribution in [0.2, 0.25) is 0 Å². The van der Waals surface area contributed by atoms with Crippen molar-refractivity contribution >= 4 is 28.6 Å². The third kappa shape index (κ3) is 6.76. The molecule has 0 spiro atoms. The first-order valence-corrected chi connectivity index (χ1v) is 12.6. The Balaban J connectivity index is 1.68. The van der Waals surface area contributed by atoms with Gasteiger partial charge in [-0.25, -0.2) is 4.98 Å². The van der Waals surface area contributed by atoms with Crippen molar-refractivity contribution in [2.45, 2.75) is 65.3 Å². The van der Waals surface area contributed by atoms with E-state index < -0.39 is 6.36 Å². The average Bonchev–Trinajstić information content (AvgIpc) is 3.13. The van der Waals surface area contributed by atoms with Gasteiger partial charge in [0.2, 0.25) is 11.9 Å². The van der Waals surface area contributed by atoms with Gasteiger partial charge < -0.3 is 19.5 Å². The van der Waals surface area contributed by atoms with Crippen LogP contribution in [0.1, 0.15) is 58.1 Å². The number of carbonyl (C=O) groups is 1. The molecule has 6 nitrogen and oxygen atoms in total. The number of anilines is 2. The number of carbonyl (C=O) groups excluding carboxylic acids is 1. The van der Waals surface area contributed by atoms with Gasteiger partial charge in [-0.15, -0.1) is 13.2 Å². The molecule has 1 amide bonds. The highest BCUT2D eigenvalue weighted by Crippen LogP contribution is 2.46. The van der Waals surface area contributed by atoms with E-state index in [2.05, 4.69) is 41.5 Å². The average molecular weight is 517 g/mol. The van der Waals surface area contributed by atoms with Gasteiger partial charge in [-0.3, -0.25) is 4.79 Å². The molecule has 1 aliphatic rings. The molecule has 1 unspecified atom stereocenters. The molecular formula is C28H35F3N4O2. The molecule has 2 atom stereocenters. The van der Waals surface area contributed by atoms with Crippen molar-refractivity contribution in [3.63, 3.8) is 0 Å². The van der Waals surface area contributed by atoms with E-state index >= 15 is 0 Å². The predicted octanol–water partition coefficient (Wildman–Crippen LogP) is 7.09. The number of hydrogen-bond donors (Lipinski definition) is 1. The lowest BCUT2D eigenvalue weighted by atomic mass is 9.70. The second-order valence-corrected chi connectivity index (χ2v) is 11.2. The van der Waals surface area contributed by atoms with Crippen LogP contribution < -0.4 is 10.1 Å². The maximum Gasteiger partial charge on any atom is 0.573 e. The largest absolute Gasteiger partial charge is 0.573 e. The van der Waals surface area contributed by atoms with E-state index in [-0.39, 0.29) is 23.1 Å². The zero-order valence-corrected chi connectivity index (χ0v) is 22.0. The number of alkyl halides is 3. The molecule has 0 saturated heterocycles. The van der Waals surface area contributed by atoms with Crippen molar-refractivity contribution in [2.24, 2.45) is 11.3 Å². The molecule has 9 heteroatoms. The zero-order valence-electron chi connectivity index (χ0n) is 22.0. The Morgan fingerprint density at radius 2 is 1.86 bits per heavy atom. The summed E-state index contributed by atoms with van der Waals surface area (Å²) in [7, 11) is 3.50. The van der Waals surface area contributed by atoms with Crippen LogP contribution in [-0.4, -0.2) is 40.8 Å². The summed E-state index contributed by atoms with van der Waals surface area (Å²) in [5.41, 5.74) is 3.65. The Hall–Kier alpha value is -3.23. The molecule has 1 saturated carbocycles. The maximum atomic E-state index is 12.6. The number of rotatable bonds is 7. The first kappa shape index (κ1) is 26.8. The fourth-order valence-electron chi connectivity index (χ4n) is 5.59. The van der Waals surface area contributed by atoms with Crippen molar-refractivity contribution < 1.29 is 22.7 Å². The molecule has 1 aromatic heterocycles. The number of imidazole rings is 1. The monoisotopic (exact) mass is 516 g/mol. The van der Waals surface area contributed by atoms with Gasteiger partial charge in [0.1, 0.15) is 5.75 Å². The highest BCUT2D eigenvalue weighted by atomic mass is 19.4. The summed E-state index contributed by atoms with van der Waals surface area (Å²) in [6.45, 7) is 6.86. The molecule has 0 aliphatic heterocycles. The van der Waals surface area contributed by atoms with Gasteiger partial charge in [-0.2, -0.15) is 0 Å². The third-order valence-electron chi connectivity index (χ3n) is 6.95. The van der Waals surface area contributed by atoms with Gasteiger partial charge in [-0.1, -0.05) is 26.8 Å². The fourth-order valence-corrected chi connectivity index (χ4v) is 5.59. The highest BCUT2D eigenvalue weighted by Gasteiger charge is 2.35. The van der Waals surface area contributed by atoms with Crippen molar-refractivity contribution in [1.82, 2.24) is 14.5 Å². The van der Waals surface area contributed by atoms with Gasteiger partial charge in [0.15, 0.2) is 0 Å². The lowest BCUT2D eigenvalue weighted by Gasteiger charge is -2.40. The van der Waals surface area contributed by atoms with Gasteiger partial charge >= 0.3 is 6.36 Å². The summed E-state index contributed by atoms with van der Waals surface area (Å²) in [4.78, 5) is 18.6. The lowest BCUT2D eigenvalue weighted by molar-refractivity contribution is -0.274. The van der Waals surface area contributed by atoms with Crippen LogP contribution in [0, 0.1) is 11.3 Å². The number of hydrogen-bond acceptors (Lipinski definition) is 4. The molecule has 2 aromatic carbocycles. The van der Waals surface area contributed by atoms with E-state index in [1.165, 1.54) is 12.1 Å². The SMILES string of the molecule is C[C@H]1CC(n2c(Nc3ccc(OC(F)(F)F)cc3)nc3cc(CCC(=O)N(C)C)ccc32)CC(C)(C)C1. The van der Waals surface area contributed by atoms with Crippen LogP contribution in [0.3, 0.4) is 0 Å². The number of benzene rings is 2. The van der Waals surface area contributed by atoms with E-state index in [0.717, 1.165) is 35.9 Å². The molecule has 1 aliphatic carbocycles. The highest BCUT2D eigenvalue weighted by molar-refractivity contribution is 5.81. The smallest absolute Gasteiger partial charge is 0.406 e. The summed E-state index contributed by atoms with van der Waals surface area (Å²) >= 11 is 0. The van der Waals surface area contributed by atoms with Gasteiger partial charge in [-0.05, 0) is 79.0 Å². The summed E-state index contributed by atoms with van der Waals surface area (Å²) in [5, 5.41) is 3.33. The maximum absolute atomic E-state index is 12.6. The van der Waals surface area contributed by atoms with Crippen LogP contribution in [0.15, 0.2) is 42.5 Å². The molecule has 37 heavy (non-hydrogen) atoms. The van der Waals surface area contributed by atoms with Gasteiger partial charge in [0, 0.05) is 32.2 Å². The first-order valence-electron chi connectivity index (χ1n) is 12.6. The zero-order chi connectivity index (χ0) is 27.0. The molecule has 0 bridgehead atoms. The molecule has 3 aromatic rings.